The van der Waals surface area contributed by atoms with Crippen LogP contribution in [0.1, 0.15) is 42.8 Å². The summed E-state index contributed by atoms with van der Waals surface area (Å²) in [6.07, 6.45) is 5.18. The molecule has 168 valence electrons. The zero-order chi connectivity index (χ0) is 22.1. The normalized spacial score (nSPS) is 22.0. The average Bonchev–Trinajstić information content (AvgIpc) is 3.39. The molecule has 0 bridgehead atoms. The molecule has 0 spiro atoms. The number of ether oxygens (including phenoxy) is 1. The van der Waals surface area contributed by atoms with Crippen molar-refractivity contribution in [1.82, 2.24) is 14.8 Å². The van der Waals surface area contributed by atoms with Gasteiger partial charge in [0.1, 0.15) is 11.3 Å². The first kappa shape index (κ1) is 21.2. The number of hydrogen-bond acceptors (Lipinski definition) is 5. The van der Waals surface area contributed by atoms with E-state index in [0.29, 0.717) is 44.0 Å². The van der Waals surface area contributed by atoms with E-state index in [1.165, 1.54) is 12.8 Å². The van der Waals surface area contributed by atoms with Gasteiger partial charge in [-0.25, -0.2) is 0 Å². The highest BCUT2D eigenvalue weighted by atomic mass is 16.5. The third-order valence-electron chi connectivity index (χ3n) is 6.92. The number of carbonyl (C=O) groups excluding carboxylic acids is 1. The van der Waals surface area contributed by atoms with Crippen molar-refractivity contribution in [3.63, 3.8) is 0 Å². The predicted molar refractivity (Wildman–Crippen MR) is 125 cm³/mol. The first-order chi connectivity index (χ1) is 15.6. The molecule has 2 atom stereocenters. The van der Waals surface area contributed by atoms with E-state index in [2.05, 4.69) is 35.9 Å². The number of rotatable bonds is 5. The Hall–Kier alpha value is -2.70. The molecule has 2 aromatic heterocycles. The number of benzene rings is 1. The van der Waals surface area contributed by atoms with Crippen molar-refractivity contribution < 1.29 is 13.9 Å². The highest BCUT2D eigenvalue weighted by molar-refractivity contribution is 5.94. The predicted octanol–water partition coefficient (Wildman–Crippen LogP) is 4.38. The molecule has 0 saturated carbocycles. The molecular weight excluding hydrogens is 402 g/mol. The molecule has 0 aliphatic carbocycles. The fourth-order valence-corrected chi connectivity index (χ4v) is 4.95. The number of hydrogen-bond donors (Lipinski definition) is 0. The minimum atomic E-state index is 0.0175. The van der Waals surface area contributed by atoms with Gasteiger partial charge in [0.05, 0.1) is 24.5 Å². The van der Waals surface area contributed by atoms with Gasteiger partial charge in [-0.1, -0.05) is 0 Å². The van der Waals surface area contributed by atoms with Crippen LogP contribution in [0.3, 0.4) is 0 Å². The van der Waals surface area contributed by atoms with Crippen molar-refractivity contribution in [2.45, 2.75) is 45.2 Å². The van der Waals surface area contributed by atoms with E-state index in [0.717, 1.165) is 41.0 Å². The fourth-order valence-electron chi connectivity index (χ4n) is 4.95. The highest BCUT2D eigenvalue weighted by Crippen LogP contribution is 2.28. The molecule has 5 rings (SSSR count). The van der Waals surface area contributed by atoms with Crippen LogP contribution >= 0.6 is 0 Å². The number of aromatic nitrogens is 1. The van der Waals surface area contributed by atoms with Crippen molar-refractivity contribution >= 4 is 16.9 Å². The quantitative estimate of drug-likeness (QED) is 0.598. The molecule has 0 radical (unpaired) electrons. The van der Waals surface area contributed by atoms with Crippen LogP contribution in [0.4, 0.5) is 0 Å². The lowest BCUT2D eigenvalue weighted by molar-refractivity contribution is 0.0302. The van der Waals surface area contributed by atoms with Gasteiger partial charge in [0.2, 0.25) is 0 Å². The first-order valence-corrected chi connectivity index (χ1v) is 11.7. The smallest absolute Gasteiger partial charge is 0.255 e. The Bertz CT molecular complexity index is 1080. The molecule has 0 N–H and O–H groups in total. The molecule has 3 aromatic rings. The largest absolute Gasteiger partial charge is 0.461 e. The number of fused-ring (bicyclic) bond motifs is 1. The lowest BCUT2D eigenvalue weighted by Gasteiger charge is -2.26. The van der Waals surface area contributed by atoms with E-state index < -0.39 is 0 Å². The Morgan fingerprint density at radius 2 is 1.84 bits per heavy atom. The first-order valence-electron chi connectivity index (χ1n) is 11.7. The van der Waals surface area contributed by atoms with Gasteiger partial charge in [-0.3, -0.25) is 14.7 Å². The van der Waals surface area contributed by atoms with Gasteiger partial charge in [-0.15, -0.1) is 0 Å². The number of morpholine rings is 1. The van der Waals surface area contributed by atoms with Crippen LogP contribution in [-0.4, -0.2) is 65.6 Å². The molecule has 0 unspecified atom stereocenters. The number of likely N-dealkylation sites (tertiary alicyclic amines) is 1. The minimum absolute atomic E-state index is 0.0175. The molecule has 32 heavy (non-hydrogen) atoms. The summed E-state index contributed by atoms with van der Waals surface area (Å²) in [5.74, 6) is 1.05. The maximum atomic E-state index is 12.6. The zero-order valence-electron chi connectivity index (χ0n) is 18.9. The Morgan fingerprint density at radius 3 is 2.56 bits per heavy atom. The zero-order valence-corrected chi connectivity index (χ0v) is 18.9. The molecule has 1 aromatic carbocycles. The lowest BCUT2D eigenvalue weighted by Crippen LogP contribution is -2.40. The van der Waals surface area contributed by atoms with Crippen LogP contribution in [0.2, 0.25) is 0 Å². The standard InChI is InChI=1S/C26H31N3O3/c1-18-3-4-19(2)29(18)10-9-23-16-22-15-20(6-8-25(22)32-23)24-7-5-21(17-27-24)26(30)28-11-13-31-14-12-28/h5-8,15-19H,3-4,9-14H2,1-2H3/t18-,19-/m0/s1. The molecule has 2 saturated heterocycles. The van der Waals surface area contributed by atoms with Crippen LogP contribution in [0.25, 0.3) is 22.2 Å². The van der Waals surface area contributed by atoms with Crippen LogP contribution in [0, 0.1) is 0 Å². The van der Waals surface area contributed by atoms with Crippen molar-refractivity contribution in [2.24, 2.45) is 0 Å². The number of pyridine rings is 1. The van der Waals surface area contributed by atoms with E-state index in [1.54, 1.807) is 6.20 Å². The summed E-state index contributed by atoms with van der Waals surface area (Å²) in [5.41, 5.74) is 3.41. The van der Waals surface area contributed by atoms with E-state index in [4.69, 9.17) is 9.15 Å². The molecule has 2 fully saturated rings. The molecule has 1 amide bonds. The van der Waals surface area contributed by atoms with Gasteiger partial charge >= 0.3 is 0 Å². The maximum absolute atomic E-state index is 12.6. The van der Waals surface area contributed by atoms with Crippen molar-refractivity contribution in [2.75, 3.05) is 32.8 Å². The van der Waals surface area contributed by atoms with Gasteiger partial charge in [0.25, 0.3) is 5.91 Å². The monoisotopic (exact) mass is 433 g/mol. The van der Waals surface area contributed by atoms with Crippen LogP contribution in [0.5, 0.6) is 0 Å². The van der Waals surface area contributed by atoms with Crippen molar-refractivity contribution in [3.8, 4) is 11.3 Å². The summed E-state index contributed by atoms with van der Waals surface area (Å²) in [7, 11) is 0. The molecule has 6 heteroatoms. The minimum Gasteiger partial charge on any atom is -0.461 e. The number of carbonyl (C=O) groups is 1. The highest BCUT2D eigenvalue weighted by Gasteiger charge is 2.26. The van der Waals surface area contributed by atoms with Crippen LogP contribution in [0.15, 0.2) is 47.0 Å². The van der Waals surface area contributed by atoms with E-state index >= 15 is 0 Å². The molecular formula is C26H31N3O3. The lowest BCUT2D eigenvalue weighted by atomic mass is 10.1. The summed E-state index contributed by atoms with van der Waals surface area (Å²) in [6, 6.07) is 13.4. The second-order valence-electron chi connectivity index (χ2n) is 9.07. The Kier molecular flexibility index (Phi) is 5.98. The third-order valence-corrected chi connectivity index (χ3v) is 6.92. The van der Waals surface area contributed by atoms with E-state index in [9.17, 15) is 4.79 Å². The summed E-state index contributed by atoms with van der Waals surface area (Å²) in [5, 5.41) is 1.09. The van der Waals surface area contributed by atoms with Crippen molar-refractivity contribution in [1.29, 1.82) is 0 Å². The summed E-state index contributed by atoms with van der Waals surface area (Å²) in [6.45, 7) is 8.14. The third kappa shape index (κ3) is 4.30. The molecule has 2 aliphatic heterocycles. The number of nitrogens with zero attached hydrogens (tertiary/aromatic N) is 3. The van der Waals surface area contributed by atoms with Gasteiger partial charge in [0.15, 0.2) is 0 Å². The second-order valence-corrected chi connectivity index (χ2v) is 9.07. The van der Waals surface area contributed by atoms with E-state index in [1.807, 2.05) is 29.2 Å². The maximum Gasteiger partial charge on any atom is 0.255 e. The average molecular weight is 434 g/mol. The second kappa shape index (κ2) is 9.04. The Labute approximate surface area is 189 Å². The van der Waals surface area contributed by atoms with Gasteiger partial charge in [0, 0.05) is 55.3 Å². The van der Waals surface area contributed by atoms with Gasteiger partial charge in [-0.05, 0) is 63.1 Å². The van der Waals surface area contributed by atoms with Crippen LogP contribution < -0.4 is 0 Å². The van der Waals surface area contributed by atoms with Crippen molar-refractivity contribution in [3.05, 3.63) is 53.9 Å². The van der Waals surface area contributed by atoms with Gasteiger partial charge in [-0.2, -0.15) is 0 Å². The van der Waals surface area contributed by atoms with E-state index in [-0.39, 0.29) is 5.91 Å². The topological polar surface area (TPSA) is 58.8 Å². The molecule has 4 heterocycles. The van der Waals surface area contributed by atoms with Gasteiger partial charge < -0.3 is 14.1 Å². The number of furan rings is 1. The van der Waals surface area contributed by atoms with Crippen LogP contribution in [-0.2, 0) is 11.2 Å². The Balaban J connectivity index is 1.28. The summed E-state index contributed by atoms with van der Waals surface area (Å²) >= 11 is 0. The SMILES string of the molecule is C[C@H]1CC[C@H](C)N1CCc1cc2cc(-c3ccc(C(=O)N4CCOCC4)cn3)ccc2o1. The molecule has 6 nitrogen and oxygen atoms in total. The fraction of sp³-hybridized carbons (Fsp3) is 0.462. The Morgan fingerprint density at radius 1 is 1.06 bits per heavy atom. The summed E-state index contributed by atoms with van der Waals surface area (Å²) in [4.78, 5) is 21.6. The number of amides is 1. The summed E-state index contributed by atoms with van der Waals surface area (Å²) < 4.78 is 11.4. The molecule has 2 aliphatic rings.